The highest BCUT2D eigenvalue weighted by Crippen LogP contribution is 2.31. The maximum absolute atomic E-state index is 14.8. The van der Waals surface area contributed by atoms with Gasteiger partial charge in [0, 0.05) is 43.9 Å². The average Bonchev–Trinajstić information content (AvgIpc) is 2.82. The monoisotopic (exact) mass is 492 g/mol. The minimum Gasteiger partial charge on any atom is -0.352 e. The molecule has 35 heavy (non-hydrogen) atoms. The number of anilines is 1. The highest BCUT2D eigenvalue weighted by atomic mass is 19.4. The highest BCUT2D eigenvalue weighted by Gasteiger charge is 2.35. The number of halogens is 5. The molecule has 1 amide bonds. The molecule has 0 aliphatic carbocycles. The molecule has 1 fully saturated rings. The van der Waals surface area contributed by atoms with E-state index in [4.69, 9.17) is 0 Å². The maximum Gasteiger partial charge on any atom is 0.419 e. The van der Waals surface area contributed by atoms with Crippen LogP contribution in [0.4, 0.5) is 27.9 Å². The van der Waals surface area contributed by atoms with Gasteiger partial charge < -0.3 is 10.2 Å². The summed E-state index contributed by atoms with van der Waals surface area (Å²) in [5.41, 5.74) is -1.39. The first-order valence-corrected chi connectivity index (χ1v) is 10.9. The Balaban J connectivity index is 1.60. The number of nitrogens with one attached hydrogen (secondary N) is 1. The second-order valence-electron chi connectivity index (χ2n) is 8.24. The van der Waals surface area contributed by atoms with E-state index in [1.165, 1.54) is 23.4 Å². The minimum absolute atomic E-state index is 0.00974. The molecule has 2 aromatic heterocycles. The average molecular weight is 492 g/mol. The molecule has 7 nitrogen and oxygen atoms in total. The number of aromatic nitrogens is 4. The van der Waals surface area contributed by atoms with Gasteiger partial charge in [-0.25, -0.2) is 28.7 Å². The van der Waals surface area contributed by atoms with Crippen molar-refractivity contribution in [1.29, 1.82) is 0 Å². The van der Waals surface area contributed by atoms with E-state index in [0.717, 1.165) is 12.5 Å². The second-order valence-corrected chi connectivity index (χ2v) is 8.24. The lowest BCUT2D eigenvalue weighted by molar-refractivity contribution is -0.138. The van der Waals surface area contributed by atoms with Gasteiger partial charge in [-0.1, -0.05) is 6.92 Å². The van der Waals surface area contributed by atoms with E-state index >= 15 is 0 Å². The number of hydrogen-bond donors (Lipinski definition) is 1. The molecule has 184 valence electrons. The molecule has 0 radical (unpaired) electrons. The van der Waals surface area contributed by atoms with Gasteiger partial charge in [0.2, 0.25) is 5.95 Å². The molecule has 3 heterocycles. The van der Waals surface area contributed by atoms with Crippen LogP contribution >= 0.6 is 0 Å². The second kappa shape index (κ2) is 9.88. The van der Waals surface area contributed by atoms with Crippen molar-refractivity contribution in [3.8, 4) is 11.4 Å². The van der Waals surface area contributed by atoms with Gasteiger partial charge in [-0.2, -0.15) is 13.2 Å². The van der Waals surface area contributed by atoms with Crippen molar-refractivity contribution < 1.29 is 26.7 Å². The Kier molecular flexibility index (Phi) is 6.90. The Hall–Kier alpha value is -3.70. The first-order chi connectivity index (χ1) is 16.6. The SMILES string of the molecule is CC1CCCN(C(=O)c2cc(F)cc(F)c2-c2ncccn2)C1CNc1ncc(C(F)(F)F)cn1. The van der Waals surface area contributed by atoms with E-state index in [9.17, 15) is 26.7 Å². The molecule has 2 atom stereocenters. The van der Waals surface area contributed by atoms with E-state index in [1.54, 1.807) is 0 Å². The Morgan fingerprint density at radius 3 is 2.46 bits per heavy atom. The molecular weight excluding hydrogens is 471 g/mol. The van der Waals surface area contributed by atoms with Gasteiger partial charge in [0.15, 0.2) is 5.82 Å². The molecule has 1 saturated heterocycles. The van der Waals surface area contributed by atoms with Crippen molar-refractivity contribution in [2.45, 2.75) is 32.0 Å². The first-order valence-electron chi connectivity index (χ1n) is 10.9. The van der Waals surface area contributed by atoms with Crippen LogP contribution in [0, 0.1) is 17.6 Å². The smallest absolute Gasteiger partial charge is 0.352 e. The number of rotatable bonds is 5. The first kappa shape index (κ1) is 24.4. The van der Waals surface area contributed by atoms with Crippen molar-refractivity contribution in [1.82, 2.24) is 24.8 Å². The van der Waals surface area contributed by atoms with Crippen LogP contribution in [0.25, 0.3) is 11.4 Å². The molecule has 1 aliphatic heterocycles. The van der Waals surface area contributed by atoms with Gasteiger partial charge in [0.1, 0.15) is 11.6 Å². The van der Waals surface area contributed by atoms with Gasteiger partial charge in [-0.05, 0) is 30.9 Å². The van der Waals surface area contributed by atoms with Crippen LogP contribution in [0.2, 0.25) is 0 Å². The van der Waals surface area contributed by atoms with E-state index in [-0.39, 0.29) is 35.4 Å². The van der Waals surface area contributed by atoms with Crippen LogP contribution in [0.1, 0.15) is 35.7 Å². The van der Waals surface area contributed by atoms with Gasteiger partial charge in [-0.15, -0.1) is 0 Å². The lowest BCUT2D eigenvalue weighted by Crippen LogP contribution is -2.51. The maximum atomic E-state index is 14.8. The zero-order chi connectivity index (χ0) is 25.2. The zero-order valence-electron chi connectivity index (χ0n) is 18.6. The van der Waals surface area contributed by atoms with Crippen LogP contribution in [0.5, 0.6) is 0 Å². The van der Waals surface area contributed by atoms with Gasteiger partial charge >= 0.3 is 6.18 Å². The van der Waals surface area contributed by atoms with Crippen molar-refractivity contribution in [2.24, 2.45) is 5.92 Å². The molecule has 1 aromatic carbocycles. The van der Waals surface area contributed by atoms with Crippen LogP contribution < -0.4 is 5.32 Å². The lowest BCUT2D eigenvalue weighted by atomic mass is 9.89. The van der Waals surface area contributed by atoms with E-state index in [1.807, 2.05) is 6.92 Å². The number of carbonyl (C=O) groups is 1. The summed E-state index contributed by atoms with van der Waals surface area (Å²) < 4.78 is 67.2. The van der Waals surface area contributed by atoms with Crippen molar-refractivity contribution >= 4 is 11.9 Å². The predicted octanol–water partition coefficient (Wildman–Crippen LogP) is 4.58. The summed E-state index contributed by atoms with van der Waals surface area (Å²) in [5.74, 6) is -2.56. The third-order valence-electron chi connectivity index (χ3n) is 5.90. The summed E-state index contributed by atoms with van der Waals surface area (Å²) in [5, 5.41) is 2.87. The van der Waals surface area contributed by atoms with Crippen LogP contribution in [0.3, 0.4) is 0 Å². The molecule has 3 aromatic rings. The lowest BCUT2D eigenvalue weighted by Gasteiger charge is -2.40. The number of hydrogen-bond acceptors (Lipinski definition) is 6. The van der Waals surface area contributed by atoms with Crippen LogP contribution in [0.15, 0.2) is 43.0 Å². The zero-order valence-corrected chi connectivity index (χ0v) is 18.6. The number of alkyl halides is 3. The Labute approximate surface area is 197 Å². The Morgan fingerprint density at radius 2 is 1.80 bits per heavy atom. The van der Waals surface area contributed by atoms with E-state index in [2.05, 4.69) is 25.3 Å². The summed E-state index contributed by atoms with van der Waals surface area (Å²) in [6.07, 6.45) is 1.03. The standard InChI is InChI=1S/C23H21F5N6O/c1-13-4-2-7-34(18(13)12-33-22-31-10-14(11-32-22)23(26,27)28)21(35)16-8-15(24)9-17(25)19(16)20-29-5-3-6-30-20/h3,5-6,8-11,13,18H,2,4,7,12H2,1H3,(H,31,32,33). The Morgan fingerprint density at radius 1 is 1.11 bits per heavy atom. The molecule has 0 spiro atoms. The fourth-order valence-corrected chi connectivity index (χ4v) is 4.13. The molecule has 1 aliphatic rings. The molecule has 1 N–H and O–H groups in total. The number of carbonyl (C=O) groups excluding carboxylic acids is 1. The molecule has 0 bridgehead atoms. The third-order valence-corrected chi connectivity index (χ3v) is 5.90. The number of nitrogens with zero attached hydrogens (tertiary/aromatic N) is 5. The fraction of sp³-hybridized carbons (Fsp3) is 0.348. The van der Waals surface area contributed by atoms with Crippen LogP contribution in [-0.2, 0) is 6.18 Å². The Bertz CT molecular complexity index is 1190. The van der Waals surface area contributed by atoms with Gasteiger partial charge in [0.05, 0.1) is 22.7 Å². The van der Waals surface area contributed by atoms with Crippen LogP contribution in [-0.4, -0.2) is 49.9 Å². The molecular formula is C23H21F5N6O. The number of benzene rings is 1. The number of piperidine rings is 1. The van der Waals surface area contributed by atoms with Crippen molar-refractivity contribution in [2.75, 3.05) is 18.4 Å². The summed E-state index contributed by atoms with van der Waals surface area (Å²) in [6, 6.07) is 2.73. The normalized spacial score (nSPS) is 18.4. The molecule has 0 saturated carbocycles. The fourth-order valence-electron chi connectivity index (χ4n) is 4.13. The summed E-state index contributed by atoms with van der Waals surface area (Å²) in [7, 11) is 0. The number of likely N-dealkylation sites (tertiary alicyclic amines) is 1. The summed E-state index contributed by atoms with van der Waals surface area (Å²) in [4.78, 5) is 30.5. The predicted molar refractivity (Wildman–Crippen MR) is 116 cm³/mol. The van der Waals surface area contributed by atoms with E-state index < -0.39 is 35.3 Å². The van der Waals surface area contributed by atoms with Gasteiger partial charge in [0.25, 0.3) is 5.91 Å². The topological polar surface area (TPSA) is 83.9 Å². The van der Waals surface area contributed by atoms with E-state index in [0.29, 0.717) is 31.4 Å². The summed E-state index contributed by atoms with van der Waals surface area (Å²) >= 11 is 0. The summed E-state index contributed by atoms with van der Waals surface area (Å²) in [6.45, 7) is 2.39. The minimum atomic E-state index is -4.56. The quantitative estimate of drug-likeness (QED) is 0.525. The van der Waals surface area contributed by atoms with Crippen molar-refractivity contribution in [3.05, 3.63) is 65.7 Å². The molecule has 4 rings (SSSR count). The van der Waals surface area contributed by atoms with Gasteiger partial charge in [-0.3, -0.25) is 4.79 Å². The van der Waals surface area contributed by atoms with Crippen molar-refractivity contribution in [3.63, 3.8) is 0 Å². The highest BCUT2D eigenvalue weighted by molar-refractivity contribution is 6.00. The number of amides is 1. The largest absolute Gasteiger partial charge is 0.419 e. The third kappa shape index (κ3) is 5.36. The molecule has 2 unspecified atom stereocenters. The molecule has 12 heteroatoms.